The van der Waals surface area contributed by atoms with Crippen LogP contribution in [0.5, 0.6) is 11.5 Å². The van der Waals surface area contributed by atoms with E-state index in [0.29, 0.717) is 29.3 Å². The average molecular weight is 902 g/mol. The minimum atomic E-state index is -0.968. The second-order valence-corrected chi connectivity index (χ2v) is 20.0. The number of hydrogen-bond donors (Lipinski definition) is 0. The van der Waals surface area contributed by atoms with E-state index in [9.17, 15) is 1.37 Å². The summed E-state index contributed by atoms with van der Waals surface area (Å²) in [5.41, 5.74) is 13.1. The highest BCUT2D eigenvalue weighted by atomic mass is 19.1. The third-order valence-corrected chi connectivity index (χ3v) is 13.3. The molecular formula is C61H58F2N4O. The Morgan fingerprint density at radius 1 is 0.574 bits per heavy atom. The zero-order valence-electron chi connectivity index (χ0n) is 41.3. The maximum Gasteiger partial charge on any atom is 0.137 e. The minimum Gasteiger partial charge on any atom is -0.457 e. The van der Waals surface area contributed by atoms with Crippen LogP contribution in [0.3, 0.4) is 0 Å². The van der Waals surface area contributed by atoms with Crippen LogP contribution in [0.25, 0.3) is 49.9 Å². The molecule has 0 fully saturated rings. The van der Waals surface area contributed by atoms with Gasteiger partial charge in [-0.2, -0.15) is 0 Å². The molecule has 0 aliphatic carbocycles. The fourth-order valence-corrected chi connectivity index (χ4v) is 9.63. The predicted octanol–water partition coefficient (Wildman–Crippen LogP) is 17.5. The lowest BCUT2D eigenvalue weighted by atomic mass is 9.88. The molecule has 0 N–H and O–H groups in total. The smallest absolute Gasteiger partial charge is 0.137 e. The van der Waals surface area contributed by atoms with Crippen molar-refractivity contribution in [3.8, 4) is 39.6 Å². The maximum absolute atomic E-state index is 15.2. The van der Waals surface area contributed by atoms with Gasteiger partial charge in [0, 0.05) is 53.4 Å². The first-order chi connectivity index (χ1) is 32.9. The van der Waals surface area contributed by atoms with E-state index >= 15 is 8.78 Å². The molecule has 0 spiro atoms. The highest BCUT2D eigenvalue weighted by Crippen LogP contribution is 2.51. The van der Waals surface area contributed by atoms with Gasteiger partial charge in [0.1, 0.15) is 35.6 Å². The second-order valence-electron chi connectivity index (χ2n) is 20.0. The van der Waals surface area contributed by atoms with Crippen LogP contribution in [0.1, 0.15) is 104 Å². The molecule has 0 unspecified atom stereocenters. The van der Waals surface area contributed by atoms with Gasteiger partial charge in [-0.05, 0) is 123 Å². The number of ether oxygens (including phenoxy) is 1. The molecule has 9 aromatic rings. The van der Waals surface area contributed by atoms with E-state index in [0.717, 1.165) is 73.1 Å². The topological polar surface area (TPSA) is 33.5 Å². The summed E-state index contributed by atoms with van der Waals surface area (Å²) in [6, 6.07) is 49.8. The first-order valence-corrected chi connectivity index (χ1v) is 23.6. The molecule has 0 saturated carbocycles. The van der Waals surface area contributed by atoms with Gasteiger partial charge in [0.05, 0.1) is 28.1 Å². The van der Waals surface area contributed by atoms with E-state index in [2.05, 4.69) is 154 Å². The third kappa shape index (κ3) is 8.29. The summed E-state index contributed by atoms with van der Waals surface area (Å²) >= 11 is 0. The van der Waals surface area contributed by atoms with Gasteiger partial charge in [0.2, 0.25) is 0 Å². The molecule has 1 aliphatic heterocycles. The molecule has 0 radical (unpaired) electrons. The van der Waals surface area contributed by atoms with Gasteiger partial charge in [0.25, 0.3) is 0 Å². The molecule has 10 rings (SSSR count). The van der Waals surface area contributed by atoms with E-state index < -0.39 is 17.5 Å². The van der Waals surface area contributed by atoms with Crippen LogP contribution < -0.4 is 14.5 Å². The first-order valence-electron chi connectivity index (χ1n) is 24.1. The Bertz CT molecular complexity index is 3390. The molecule has 1 aliphatic rings. The van der Waals surface area contributed by atoms with Crippen LogP contribution >= 0.6 is 0 Å². The molecule has 0 amide bonds. The number of fused-ring (bicyclic) bond motifs is 4. The Hall–Kier alpha value is -7.25. The fourth-order valence-electron chi connectivity index (χ4n) is 9.63. The van der Waals surface area contributed by atoms with E-state index in [1.165, 1.54) is 28.8 Å². The predicted molar refractivity (Wildman–Crippen MR) is 279 cm³/mol. The van der Waals surface area contributed by atoms with Gasteiger partial charge in [-0.25, -0.2) is 13.8 Å². The van der Waals surface area contributed by atoms with E-state index in [4.69, 9.17) is 9.72 Å². The number of pyridine rings is 1. The zero-order chi connectivity index (χ0) is 48.5. The number of hydrogen-bond acceptors (Lipinski definition) is 4. The van der Waals surface area contributed by atoms with E-state index in [1.54, 1.807) is 0 Å². The summed E-state index contributed by atoms with van der Waals surface area (Å²) in [6.07, 6.45) is 1.89. The SMILES string of the molecule is [2H]C(C)(C)c1cc(Oc2ccc3c4ccccc4n(-c4cc(C(C)(C)C)ccn4)c3c2)cc(N2CN(c3c(-c4cc(F)cc(F)c4)cccc3-c3cc(C(C)C)cc(C(C)C)c3)c3ccccc32)c1. The molecule has 0 atom stereocenters. The molecule has 7 heteroatoms. The lowest BCUT2D eigenvalue weighted by molar-refractivity contribution is 0.482. The van der Waals surface area contributed by atoms with Crippen LogP contribution in [0.15, 0.2) is 158 Å². The average Bonchev–Trinajstić information content (AvgIpc) is 3.86. The van der Waals surface area contributed by atoms with Gasteiger partial charge in [-0.3, -0.25) is 4.57 Å². The molecule has 3 heterocycles. The summed E-state index contributed by atoms with van der Waals surface area (Å²) in [6.45, 7) is 19.6. The molecule has 0 saturated heterocycles. The number of para-hydroxylation sites is 4. The van der Waals surface area contributed by atoms with E-state index in [-0.39, 0.29) is 17.3 Å². The highest BCUT2D eigenvalue weighted by molar-refractivity contribution is 6.09. The maximum atomic E-state index is 15.2. The Labute approximate surface area is 400 Å². The molecular weight excluding hydrogens is 843 g/mol. The molecule has 0 bridgehead atoms. The van der Waals surface area contributed by atoms with Crippen molar-refractivity contribution in [3.63, 3.8) is 0 Å². The van der Waals surface area contributed by atoms with Gasteiger partial charge < -0.3 is 14.5 Å². The Kier molecular flexibility index (Phi) is 11.1. The summed E-state index contributed by atoms with van der Waals surface area (Å²) in [4.78, 5) is 9.38. The minimum absolute atomic E-state index is 0.0602. The van der Waals surface area contributed by atoms with Crippen LogP contribution in [0.2, 0.25) is 0 Å². The van der Waals surface area contributed by atoms with Crippen LogP contribution in [-0.2, 0) is 5.41 Å². The van der Waals surface area contributed by atoms with Crippen molar-refractivity contribution in [3.05, 3.63) is 192 Å². The monoisotopic (exact) mass is 901 g/mol. The van der Waals surface area contributed by atoms with Crippen molar-refractivity contribution >= 4 is 44.6 Å². The van der Waals surface area contributed by atoms with Gasteiger partial charge >= 0.3 is 0 Å². The number of halogens is 2. The fraction of sp³-hybridized carbons (Fsp3) is 0.230. The lowest BCUT2D eigenvalue weighted by Crippen LogP contribution is -2.25. The number of rotatable bonds is 10. The number of aromatic nitrogens is 2. The standard InChI is InChI=1S/C61H58F2N4O/c1-37(2)40-25-41(38(3)4)27-43(26-40)51-16-14-17-52(44-28-46(62)33-47(63)29-44)60(51)66-36-65(56-19-12-13-20-57(56)66)48-30-42(39(5)6)31-50(34-48)68-49-21-22-54-53-15-10-11-18-55(53)67(58(54)35-49)59-32-45(23-24-64-59)61(7,8)9/h10-35,37-39H,36H2,1-9H3/i39D. The zero-order valence-corrected chi connectivity index (χ0v) is 40.3. The second kappa shape index (κ2) is 17.4. The van der Waals surface area contributed by atoms with Gasteiger partial charge in [0.15, 0.2) is 0 Å². The number of anilines is 4. The largest absolute Gasteiger partial charge is 0.457 e. The van der Waals surface area contributed by atoms with Crippen molar-refractivity contribution in [1.29, 1.82) is 0 Å². The van der Waals surface area contributed by atoms with Crippen molar-refractivity contribution in [1.82, 2.24) is 9.55 Å². The number of benzene rings is 7. The Balaban J connectivity index is 1.11. The van der Waals surface area contributed by atoms with Crippen molar-refractivity contribution in [2.45, 2.75) is 85.5 Å². The Morgan fingerprint density at radius 3 is 1.87 bits per heavy atom. The lowest BCUT2D eigenvalue weighted by Gasteiger charge is -2.28. The molecule has 7 aromatic carbocycles. The third-order valence-electron chi connectivity index (χ3n) is 13.3. The quantitative estimate of drug-likeness (QED) is 0.137. The van der Waals surface area contributed by atoms with Crippen molar-refractivity contribution in [2.75, 3.05) is 16.5 Å². The molecule has 68 heavy (non-hydrogen) atoms. The molecule has 5 nitrogen and oxygen atoms in total. The van der Waals surface area contributed by atoms with Crippen LogP contribution in [0, 0.1) is 11.6 Å². The van der Waals surface area contributed by atoms with Crippen molar-refractivity contribution < 1.29 is 14.9 Å². The highest BCUT2D eigenvalue weighted by Gasteiger charge is 2.32. The summed E-state index contributed by atoms with van der Waals surface area (Å²) in [5.74, 6) is 0.414. The summed E-state index contributed by atoms with van der Waals surface area (Å²) < 4.78 is 48.7. The normalized spacial score (nSPS) is 13.3. The number of nitrogens with zero attached hydrogens (tertiary/aromatic N) is 4. The molecule has 342 valence electrons. The van der Waals surface area contributed by atoms with Crippen molar-refractivity contribution in [2.24, 2.45) is 0 Å². The van der Waals surface area contributed by atoms with Gasteiger partial charge in [-0.15, -0.1) is 0 Å². The van der Waals surface area contributed by atoms with E-state index in [1.807, 2.05) is 62.5 Å². The summed E-state index contributed by atoms with van der Waals surface area (Å²) in [7, 11) is 0. The van der Waals surface area contributed by atoms with Crippen LogP contribution in [0.4, 0.5) is 31.5 Å². The first kappa shape index (κ1) is 43.3. The Morgan fingerprint density at radius 2 is 1.21 bits per heavy atom. The molecule has 2 aromatic heterocycles. The van der Waals surface area contributed by atoms with Crippen LogP contribution in [-0.4, -0.2) is 16.2 Å². The summed E-state index contributed by atoms with van der Waals surface area (Å²) in [5, 5.41) is 2.22. The van der Waals surface area contributed by atoms with Gasteiger partial charge in [-0.1, -0.05) is 129 Å².